The molecule has 3 N–H and O–H groups in total. The Morgan fingerprint density at radius 2 is 2.16 bits per heavy atom. The van der Waals surface area contributed by atoms with Crippen molar-refractivity contribution in [2.75, 3.05) is 19.7 Å². The zero-order chi connectivity index (χ0) is 14.3. The van der Waals surface area contributed by atoms with Crippen molar-refractivity contribution in [2.24, 2.45) is 11.7 Å². The van der Waals surface area contributed by atoms with E-state index in [1.807, 2.05) is 39.0 Å². The third-order valence-electron chi connectivity index (χ3n) is 3.19. The summed E-state index contributed by atoms with van der Waals surface area (Å²) in [5, 5.41) is 2.85. The minimum Gasteiger partial charge on any atom is -0.493 e. The molecule has 0 radical (unpaired) electrons. The van der Waals surface area contributed by atoms with E-state index in [4.69, 9.17) is 10.5 Å². The molecular formula is C15H24N2O2. The van der Waals surface area contributed by atoms with E-state index in [0.29, 0.717) is 32.0 Å². The molecule has 4 heteroatoms. The van der Waals surface area contributed by atoms with Gasteiger partial charge in [-0.25, -0.2) is 0 Å². The maximum absolute atomic E-state index is 11.6. The summed E-state index contributed by atoms with van der Waals surface area (Å²) in [6, 6.07) is 5.93. The molecule has 0 heterocycles. The fourth-order valence-electron chi connectivity index (χ4n) is 1.59. The van der Waals surface area contributed by atoms with Crippen LogP contribution in [0.25, 0.3) is 0 Å². The SMILES string of the molecule is Cc1cccc(OCCC(=O)NCC(C)CN)c1C. The van der Waals surface area contributed by atoms with E-state index in [-0.39, 0.29) is 5.91 Å². The number of nitrogens with one attached hydrogen (secondary N) is 1. The smallest absolute Gasteiger partial charge is 0.223 e. The van der Waals surface area contributed by atoms with Gasteiger partial charge in [-0.1, -0.05) is 19.1 Å². The highest BCUT2D eigenvalue weighted by molar-refractivity contribution is 5.75. The highest BCUT2D eigenvalue weighted by Gasteiger charge is 2.06. The van der Waals surface area contributed by atoms with Crippen LogP contribution in [0, 0.1) is 19.8 Å². The largest absolute Gasteiger partial charge is 0.493 e. The van der Waals surface area contributed by atoms with Crippen LogP contribution in [0.2, 0.25) is 0 Å². The number of hydrogen-bond donors (Lipinski definition) is 2. The number of amides is 1. The third-order valence-corrected chi connectivity index (χ3v) is 3.19. The first-order chi connectivity index (χ1) is 9.04. The highest BCUT2D eigenvalue weighted by atomic mass is 16.5. The first kappa shape index (κ1) is 15.5. The van der Waals surface area contributed by atoms with Gasteiger partial charge in [-0.3, -0.25) is 4.79 Å². The lowest BCUT2D eigenvalue weighted by atomic mass is 10.1. The number of aryl methyl sites for hydroxylation is 1. The van der Waals surface area contributed by atoms with Gasteiger partial charge in [0.25, 0.3) is 0 Å². The molecule has 0 aliphatic heterocycles. The summed E-state index contributed by atoms with van der Waals surface area (Å²) in [7, 11) is 0. The van der Waals surface area contributed by atoms with Crippen molar-refractivity contribution in [3.8, 4) is 5.75 Å². The molecule has 1 aromatic carbocycles. The Bertz CT molecular complexity index is 419. The summed E-state index contributed by atoms with van der Waals surface area (Å²) in [6.45, 7) is 7.68. The first-order valence-corrected chi connectivity index (χ1v) is 6.70. The molecule has 4 nitrogen and oxygen atoms in total. The quantitative estimate of drug-likeness (QED) is 0.789. The van der Waals surface area contributed by atoms with Crippen LogP contribution in [-0.4, -0.2) is 25.6 Å². The topological polar surface area (TPSA) is 64.3 Å². The zero-order valence-corrected chi connectivity index (χ0v) is 12.0. The van der Waals surface area contributed by atoms with Crippen LogP contribution in [-0.2, 0) is 4.79 Å². The second-order valence-corrected chi connectivity index (χ2v) is 4.94. The summed E-state index contributed by atoms with van der Waals surface area (Å²) in [4.78, 5) is 11.6. The Balaban J connectivity index is 2.30. The Morgan fingerprint density at radius 3 is 2.84 bits per heavy atom. The molecule has 1 unspecified atom stereocenters. The van der Waals surface area contributed by atoms with E-state index in [9.17, 15) is 4.79 Å². The summed E-state index contributed by atoms with van der Waals surface area (Å²) < 4.78 is 5.64. The maximum atomic E-state index is 11.6. The van der Waals surface area contributed by atoms with Crippen LogP contribution < -0.4 is 15.8 Å². The number of nitrogens with two attached hydrogens (primary N) is 1. The van der Waals surface area contributed by atoms with Gasteiger partial charge < -0.3 is 15.8 Å². The molecule has 1 amide bonds. The van der Waals surface area contributed by atoms with Gasteiger partial charge >= 0.3 is 0 Å². The predicted octanol–water partition coefficient (Wildman–Crippen LogP) is 1.78. The van der Waals surface area contributed by atoms with Crippen molar-refractivity contribution >= 4 is 5.91 Å². The number of hydrogen-bond acceptors (Lipinski definition) is 3. The molecule has 0 aromatic heterocycles. The molecule has 1 rings (SSSR count). The number of ether oxygens (including phenoxy) is 1. The van der Waals surface area contributed by atoms with Gasteiger partial charge in [0.05, 0.1) is 13.0 Å². The lowest BCUT2D eigenvalue weighted by Crippen LogP contribution is -2.32. The van der Waals surface area contributed by atoms with Crippen LogP contribution in [0.1, 0.15) is 24.5 Å². The van der Waals surface area contributed by atoms with Crippen LogP contribution in [0.3, 0.4) is 0 Å². The molecule has 0 spiro atoms. The van der Waals surface area contributed by atoms with Gasteiger partial charge in [-0.2, -0.15) is 0 Å². The zero-order valence-electron chi connectivity index (χ0n) is 12.0. The third kappa shape index (κ3) is 5.30. The standard InChI is InChI=1S/C15H24N2O2/c1-11(9-16)10-17-15(18)7-8-19-14-6-4-5-12(2)13(14)3/h4-6,11H,7-10,16H2,1-3H3,(H,17,18). The monoisotopic (exact) mass is 264 g/mol. The number of rotatable bonds is 7. The second kappa shape index (κ2) is 7.79. The Morgan fingerprint density at radius 1 is 1.42 bits per heavy atom. The van der Waals surface area contributed by atoms with E-state index >= 15 is 0 Å². The molecule has 0 saturated heterocycles. The molecule has 0 saturated carbocycles. The minimum atomic E-state index is 0.00519. The summed E-state index contributed by atoms with van der Waals surface area (Å²) >= 11 is 0. The van der Waals surface area contributed by atoms with E-state index in [2.05, 4.69) is 5.32 Å². The molecular weight excluding hydrogens is 240 g/mol. The normalized spacial score (nSPS) is 12.0. The molecule has 106 valence electrons. The van der Waals surface area contributed by atoms with Gasteiger partial charge in [0, 0.05) is 6.54 Å². The Labute approximate surface area is 115 Å². The Kier molecular flexibility index (Phi) is 6.36. The number of benzene rings is 1. The van der Waals surface area contributed by atoms with Crippen molar-refractivity contribution in [3.05, 3.63) is 29.3 Å². The van der Waals surface area contributed by atoms with Gasteiger partial charge in [-0.05, 0) is 43.5 Å². The van der Waals surface area contributed by atoms with Crippen molar-refractivity contribution in [1.82, 2.24) is 5.32 Å². The number of carbonyl (C=O) groups is 1. The molecule has 1 atom stereocenters. The van der Waals surface area contributed by atoms with Gasteiger partial charge in [0.2, 0.25) is 5.91 Å². The van der Waals surface area contributed by atoms with Gasteiger partial charge in [-0.15, -0.1) is 0 Å². The van der Waals surface area contributed by atoms with E-state index in [1.165, 1.54) is 5.56 Å². The molecule has 0 aliphatic rings. The fourth-order valence-corrected chi connectivity index (χ4v) is 1.59. The molecule has 19 heavy (non-hydrogen) atoms. The van der Waals surface area contributed by atoms with Crippen molar-refractivity contribution < 1.29 is 9.53 Å². The van der Waals surface area contributed by atoms with E-state index in [0.717, 1.165) is 11.3 Å². The lowest BCUT2D eigenvalue weighted by molar-refractivity contribution is -0.121. The van der Waals surface area contributed by atoms with Crippen LogP contribution >= 0.6 is 0 Å². The van der Waals surface area contributed by atoms with Gasteiger partial charge in [0.15, 0.2) is 0 Å². The van der Waals surface area contributed by atoms with Crippen LogP contribution in [0.5, 0.6) is 5.75 Å². The molecule has 1 aromatic rings. The fraction of sp³-hybridized carbons (Fsp3) is 0.533. The summed E-state index contributed by atoms with van der Waals surface area (Å²) in [6.07, 6.45) is 0.366. The van der Waals surface area contributed by atoms with Crippen molar-refractivity contribution in [1.29, 1.82) is 0 Å². The Hall–Kier alpha value is -1.55. The summed E-state index contributed by atoms with van der Waals surface area (Å²) in [5.41, 5.74) is 7.81. The molecule has 0 fully saturated rings. The molecule has 0 bridgehead atoms. The van der Waals surface area contributed by atoms with Crippen LogP contribution in [0.4, 0.5) is 0 Å². The second-order valence-electron chi connectivity index (χ2n) is 4.94. The average molecular weight is 264 g/mol. The molecule has 0 aliphatic carbocycles. The van der Waals surface area contributed by atoms with Crippen LogP contribution in [0.15, 0.2) is 18.2 Å². The predicted molar refractivity (Wildman–Crippen MR) is 77.3 cm³/mol. The lowest BCUT2D eigenvalue weighted by Gasteiger charge is -2.12. The highest BCUT2D eigenvalue weighted by Crippen LogP contribution is 2.20. The van der Waals surface area contributed by atoms with E-state index in [1.54, 1.807) is 0 Å². The minimum absolute atomic E-state index is 0.00519. The maximum Gasteiger partial charge on any atom is 0.223 e. The first-order valence-electron chi connectivity index (χ1n) is 6.70. The van der Waals surface area contributed by atoms with Crippen molar-refractivity contribution in [2.45, 2.75) is 27.2 Å². The van der Waals surface area contributed by atoms with Crippen molar-refractivity contribution in [3.63, 3.8) is 0 Å². The number of carbonyl (C=O) groups excluding carboxylic acids is 1. The van der Waals surface area contributed by atoms with Gasteiger partial charge in [0.1, 0.15) is 5.75 Å². The summed E-state index contributed by atoms with van der Waals surface area (Å²) in [5.74, 6) is 1.16. The van der Waals surface area contributed by atoms with E-state index < -0.39 is 0 Å². The average Bonchev–Trinajstić information content (AvgIpc) is 2.40.